The maximum Gasteiger partial charge on any atom is 0.421 e. The lowest BCUT2D eigenvalue weighted by atomic mass is 10.2. The van der Waals surface area contributed by atoms with Crippen LogP contribution in [0.2, 0.25) is 0 Å². The van der Waals surface area contributed by atoms with Gasteiger partial charge in [-0.1, -0.05) is 0 Å². The van der Waals surface area contributed by atoms with Gasteiger partial charge in [0.15, 0.2) is 0 Å². The van der Waals surface area contributed by atoms with Gasteiger partial charge < -0.3 is 15.2 Å². The van der Waals surface area contributed by atoms with Crippen molar-refractivity contribution in [3.63, 3.8) is 0 Å². The van der Waals surface area contributed by atoms with E-state index in [0.717, 1.165) is 0 Å². The highest BCUT2D eigenvalue weighted by molar-refractivity contribution is 7.87. The number of nitrogens with one attached hydrogen (secondary N) is 2. The zero-order valence-electron chi connectivity index (χ0n) is 9.95. The number of rotatable bonds is 4. The van der Waals surface area contributed by atoms with Gasteiger partial charge in [-0.05, 0) is 6.92 Å². The lowest BCUT2D eigenvalue weighted by Crippen LogP contribution is -2.61. The Morgan fingerprint density at radius 3 is 2.74 bits per heavy atom. The Bertz CT molecular complexity index is 489. The van der Waals surface area contributed by atoms with E-state index in [9.17, 15) is 22.8 Å². The van der Waals surface area contributed by atoms with Gasteiger partial charge in [-0.25, -0.2) is 9.52 Å². The fourth-order valence-electron chi connectivity index (χ4n) is 1.41. The highest BCUT2D eigenvalue weighted by Gasteiger charge is 2.40. The summed E-state index contributed by atoms with van der Waals surface area (Å²) in [5, 5.41) is 11.1. The van der Waals surface area contributed by atoms with Crippen LogP contribution in [0.1, 0.15) is 6.92 Å². The smallest absolute Gasteiger partial charge is 0.421 e. The fourth-order valence-corrected chi connectivity index (χ4v) is 2.58. The van der Waals surface area contributed by atoms with E-state index in [2.05, 4.69) is 10.1 Å². The van der Waals surface area contributed by atoms with Gasteiger partial charge >= 0.3 is 22.3 Å². The van der Waals surface area contributed by atoms with E-state index in [1.165, 1.54) is 11.6 Å². The van der Waals surface area contributed by atoms with Crippen molar-refractivity contribution >= 4 is 28.2 Å². The average Bonchev–Trinajstić information content (AvgIpc) is 2.27. The maximum atomic E-state index is 11.8. The van der Waals surface area contributed by atoms with Crippen molar-refractivity contribution in [3.05, 3.63) is 0 Å². The number of carbonyl (C=O) groups is 3. The van der Waals surface area contributed by atoms with Gasteiger partial charge in [0.25, 0.3) is 0 Å². The number of ether oxygens (including phenoxy) is 1. The van der Waals surface area contributed by atoms with Gasteiger partial charge in [-0.15, -0.1) is 0 Å². The van der Waals surface area contributed by atoms with Crippen LogP contribution in [-0.2, 0) is 24.5 Å². The molecule has 3 N–H and O–H groups in total. The summed E-state index contributed by atoms with van der Waals surface area (Å²) in [4.78, 5) is 33.1. The Kier molecular flexibility index (Phi) is 4.67. The molecule has 0 radical (unpaired) electrons. The van der Waals surface area contributed by atoms with Crippen LogP contribution < -0.4 is 10.0 Å². The van der Waals surface area contributed by atoms with Gasteiger partial charge in [0.05, 0.1) is 13.2 Å². The van der Waals surface area contributed by atoms with Crippen LogP contribution in [0.5, 0.6) is 0 Å². The molecule has 0 saturated carbocycles. The first-order valence-electron chi connectivity index (χ1n) is 5.23. The van der Waals surface area contributed by atoms with E-state index < -0.39 is 40.8 Å². The minimum Gasteiger partial charge on any atom is -0.480 e. The van der Waals surface area contributed by atoms with E-state index in [4.69, 9.17) is 5.11 Å². The number of nitrogens with zero attached hydrogens (tertiary/aromatic N) is 1. The maximum absolute atomic E-state index is 11.8. The Morgan fingerprint density at radius 1 is 1.58 bits per heavy atom. The molecule has 1 fully saturated rings. The first kappa shape index (κ1) is 15.2. The Balaban J connectivity index is 2.91. The van der Waals surface area contributed by atoms with Crippen LogP contribution in [0.4, 0.5) is 4.79 Å². The molecule has 19 heavy (non-hydrogen) atoms. The van der Waals surface area contributed by atoms with Crippen molar-refractivity contribution in [2.75, 3.05) is 19.7 Å². The zero-order valence-corrected chi connectivity index (χ0v) is 10.8. The molecule has 0 bridgehead atoms. The molecule has 1 saturated heterocycles. The van der Waals surface area contributed by atoms with E-state index >= 15 is 0 Å². The summed E-state index contributed by atoms with van der Waals surface area (Å²) in [5.74, 6) is -2.10. The van der Waals surface area contributed by atoms with E-state index in [1.807, 2.05) is 0 Å². The number of carboxylic acid groups (broad SMARTS) is 1. The molecule has 1 unspecified atom stereocenters. The molecule has 0 aromatic heterocycles. The van der Waals surface area contributed by atoms with Crippen molar-refractivity contribution in [2.24, 2.45) is 0 Å². The Labute approximate surface area is 108 Å². The van der Waals surface area contributed by atoms with Crippen LogP contribution in [0.15, 0.2) is 0 Å². The van der Waals surface area contributed by atoms with Gasteiger partial charge in [0.2, 0.25) is 5.91 Å². The minimum atomic E-state index is -4.46. The van der Waals surface area contributed by atoms with Gasteiger partial charge in [0, 0.05) is 6.54 Å². The van der Waals surface area contributed by atoms with E-state index in [1.54, 1.807) is 0 Å². The number of amides is 2. The molecule has 108 valence electrons. The quantitative estimate of drug-likeness (QED) is 0.537. The third-order valence-electron chi connectivity index (χ3n) is 2.22. The predicted molar refractivity (Wildman–Crippen MR) is 60.2 cm³/mol. The highest BCUT2D eigenvalue weighted by atomic mass is 32.2. The van der Waals surface area contributed by atoms with Gasteiger partial charge in [-0.3, -0.25) is 9.59 Å². The Morgan fingerprint density at radius 2 is 2.21 bits per heavy atom. The third kappa shape index (κ3) is 3.79. The number of carbonyl (C=O) groups excluding carboxylic acids is 2. The second kappa shape index (κ2) is 5.84. The average molecular weight is 295 g/mol. The second-order valence-corrected chi connectivity index (χ2v) is 5.15. The largest absolute Gasteiger partial charge is 0.480 e. The number of piperazine rings is 1. The van der Waals surface area contributed by atoms with Crippen LogP contribution in [0.3, 0.4) is 0 Å². The van der Waals surface area contributed by atoms with Crippen molar-refractivity contribution in [2.45, 2.75) is 13.0 Å². The van der Waals surface area contributed by atoms with Crippen molar-refractivity contribution in [1.29, 1.82) is 0 Å². The molecule has 0 aromatic carbocycles. The van der Waals surface area contributed by atoms with E-state index in [-0.39, 0.29) is 13.2 Å². The van der Waals surface area contributed by atoms with Crippen LogP contribution in [-0.4, -0.2) is 61.5 Å². The minimum absolute atomic E-state index is 0.0514. The topological polar surface area (TPSA) is 142 Å². The molecule has 11 heteroatoms. The Hall–Kier alpha value is -1.88. The summed E-state index contributed by atoms with van der Waals surface area (Å²) in [6.45, 7) is 0.356. The molecular formula is C8H13N3O7S. The lowest BCUT2D eigenvalue weighted by Gasteiger charge is -2.31. The first-order valence-corrected chi connectivity index (χ1v) is 6.67. The molecule has 0 spiro atoms. The number of carboxylic acids is 1. The summed E-state index contributed by atoms with van der Waals surface area (Å²) in [6, 6.07) is -1.48. The van der Waals surface area contributed by atoms with Crippen LogP contribution in [0, 0.1) is 0 Å². The van der Waals surface area contributed by atoms with Crippen LogP contribution in [0.25, 0.3) is 0 Å². The molecule has 1 heterocycles. The fraction of sp³-hybridized carbons (Fsp3) is 0.625. The first-order chi connectivity index (χ1) is 8.77. The number of hydrogen-bond acceptors (Lipinski definition) is 6. The molecule has 10 nitrogen and oxygen atoms in total. The summed E-state index contributed by atoms with van der Waals surface area (Å²) < 4.78 is 29.9. The summed E-state index contributed by atoms with van der Waals surface area (Å²) in [7, 11) is -4.46. The third-order valence-corrected chi connectivity index (χ3v) is 3.65. The van der Waals surface area contributed by atoms with Crippen molar-refractivity contribution in [3.8, 4) is 0 Å². The highest BCUT2D eigenvalue weighted by Crippen LogP contribution is 2.09. The molecule has 0 aliphatic carbocycles. The number of aliphatic carboxylic acids is 1. The lowest BCUT2D eigenvalue weighted by molar-refractivity contribution is -0.143. The summed E-state index contributed by atoms with van der Waals surface area (Å²) in [6.07, 6.45) is -1.24. The predicted octanol–water partition coefficient (Wildman–Crippen LogP) is -2.14. The second-order valence-electron chi connectivity index (χ2n) is 3.53. The molecule has 1 atom stereocenters. The van der Waals surface area contributed by atoms with Gasteiger partial charge in [0.1, 0.15) is 6.04 Å². The van der Waals surface area contributed by atoms with Gasteiger partial charge in [-0.2, -0.15) is 12.7 Å². The molecule has 1 rings (SSSR count). The molecule has 2 amide bonds. The molecule has 0 aromatic rings. The number of hydrogen-bond donors (Lipinski definition) is 3. The summed E-state index contributed by atoms with van der Waals surface area (Å²) >= 11 is 0. The SMILES string of the molecule is CCOC(=O)NS(=O)(=O)N1CC(=O)NCC1C(=O)O. The van der Waals surface area contributed by atoms with Crippen LogP contribution >= 0.6 is 0 Å². The normalized spacial score (nSPS) is 20.5. The van der Waals surface area contributed by atoms with Crippen molar-refractivity contribution < 1.29 is 32.6 Å². The molecular weight excluding hydrogens is 282 g/mol. The standard InChI is InChI=1S/C8H13N3O7S/c1-2-18-8(15)10-19(16,17)11-4-6(12)9-3-5(11)7(13)14/h5H,2-4H2,1H3,(H,9,12)(H,10,15)(H,13,14). The van der Waals surface area contributed by atoms with E-state index in [0.29, 0.717) is 4.31 Å². The summed E-state index contributed by atoms with van der Waals surface area (Å²) in [5.41, 5.74) is 0. The zero-order chi connectivity index (χ0) is 14.6. The monoisotopic (exact) mass is 295 g/mol. The molecule has 1 aliphatic rings. The molecule has 1 aliphatic heterocycles. The van der Waals surface area contributed by atoms with Crippen molar-refractivity contribution in [1.82, 2.24) is 14.3 Å².